The summed E-state index contributed by atoms with van der Waals surface area (Å²) in [5.41, 5.74) is 0.321. The molecule has 0 aliphatic heterocycles. The van der Waals surface area contributed by atoms with Crippen molar-refractivity contribution in [2.75, 3.05) is 4.31 Å². The van der Waals surface area contributed by atoms with E-state index in [4.69, 9.17) is 0 Å². The number of hydrogen-bond acceptors (Lipinski definition) is 2. The summed E-state index contributed by atoms with van der Waals surface area (Å²) in [6, 6.07) is 15.4. The predicted octanol–water partition coefficient (Wildman–Crippen LogP) is 4.50. The van der Waals surface area contributed by atoms with Gasteiger partial charge in [-0.2, -0.15) is 0 Å². The minimum absolute atomic E-state index is 0.0148. The number of nitrogens with zero attached hydrogens (tertiary/aromatic N) is 1. The van der Waals surface area contributed by atoms with Crippen molar-refractivity contribution >= 4 is 15.7 Å². The first-order valence-electron chi connectivity index (χ1n) is 7.65. The zero-order valence-corrected chi connectivity index (χ0v) is 14.3. The fourth-order valence-electron chi connectivity index (χ4n) is 2.45. The molecule has 0 heterocycles. The number of sulfonamides is 1. The Bertz CT molecular complexity index is 1010. The van der Waals surface area contributed by atoms with Crippen LogP contribution in [0.1, 0.15) is 5.56 Å². The highest BCUT2D eigenvalue weighted by Gasteiger charge is 2.26. The first-order valence-corrected chi connectivity index (χ1v) is 9.09. The van der Waals surface area contributed by atoms with Crippen LogP contribution in [0.25, 0.3) is 0 Å². The van der Waals surface area contributed by atoms with Gasteiger partial charge in [0.25, 0.3) is 10.0 Å². The number of anilines is 1. The van der Waals surface area contributed by atoms with E-state index in [9.17, 15) is 21.6 Å². The van der Waals surface area contributed by atoms with Crippen molar-refractivity contribution in [1.29, 1.82) is 0 Å². The molecule has 3 aromatic rings. The first kappa shape index (κ1) is 18.0. The Morgan fingerprint density at radius 3 is 2.00 bits per heavy atom. The van der Waals surface area contributed by atoms with Crippen LogP contribution in [-0.4, -0.2) is 8.42 Å². The second-order valence-electron chi connectivity index (χ2n) is 5.54. The summed E-state index contributed by atoms with van der Waals surface area (Å²) in [4.78, 5) is -0.134. The number of benzene rings is 3. The summed E-state index contributed by atoms with van der Waals surface area (Å²) in [6.07, 6.45) is 0. The highest BCUT2D eigenvalue weighted by molar-refractivity contribution is 7.92. The van der Waals surface area contributed by atoms with Crippen molar-refractivity contribution in [2.45, 2.75) is 11.4 Å². The average Bonchev–Trinajstić information content (AvgIpc) is 2.62. The Labute approximate surface area is 149 Å². The highest BCUT2D eigenvalue weighted by atomic mass is 32.2. The Kier molecular flexibility index (Phi) is 4.99. The van der Waals surface area contributed by atoms with Crippen molar-refractivity contribution in [1.82, 2.24) is 0 Å². The van der Waals surface area contributed by atoms with E-state index < -0.39 is 27.5 Å². The van der Waals surface area contributed by atoms with Crippen LogP contribution in [0, 0.1) is 17.5 Å². The quantitative estimate of drug-likeness (QED) is 0.657. The summed E-state index contributed by atoms with van der Waals surface area (Å²) in [6.45, 7) is -0.337. The van der Waals surface area contributed by atoms with E-state index in [0.29, 0.717) is 11.8 Å². The maximum Gasteiger partial charge on any atom is 0.264 e. The molecule has 0 spiro atoms. The molecule has 0 bridgehead atoms. The normalized spacial score (nSPS) is 11.3. The topological polar surface area (TPSA) is 37.4 Å². The fraction of sp³-hybridized carbons (Fsp3) is 0.0526. The average molecular weight is 377 g/mol. The number of hydrogen-bond donors (Lipinski definition) is 0. The molecule has 0 amide bonds. The standard InChI is InChI=1S/C19H14F3NO2S/c20-15-8-10-18(11-9-15)26(24,25)23(17-4-2-1-3-5-17)13-14-6-7-16(21)12-19(14)22/h1-12H,13H2. The lowest BCUT2D eigenvalue weighted by Crippen LogP contribution is -2.31. The van der Waals surface area contributed by atoms with Crippen LogP contribution in [0.5, 0.6) is 0 Å². The van der Waals surface area contributed by atoms with E-state index in [-0.39, 0.29) is 17.0 Å². The molecule has 26 heavy (non-hydrogen) atoms. The van der Waals surface area contributed by atoms with Crippen LogP contribution in [0.2, 0.25) is 0 Å². The van der Waals surface area contributed by atoms with Crippen LogP contribution in [0.15, 0.2) is 77.7 Å². The zero-order valence-electron chi connectivity index (χ0n) is 13.4. The van der Waals surface area contributed by atoms with Gasteiger partial charge in [0.1, 0.15) is 17.5 Å². The minimum atomic E-state index is -4.09. The van der Waals surface area contributed by atoms with Crippen LogP contribution in [0.3, 0.4) is 0 Å². The summed E-state index contributed by atoms with van der Waals surface area (Å²) in [7, 11) is -4.09. The molecule has 3 aromatic carbocycles. The zero-order chi connectivity index (χ0) is 18.7. The van der Waals surface area contributed by atoms with Crippen LogP contribution < -0.4 is 4.31 Å². The molecule has 3 rings (SSSR count). The van der Waals surface area contributed by atoms with Gasteiger partial charge in [0.15, 0.2) is 0 Å². The van der Waals surface area contributed by atoms with Gasteiger partial charge in [-0.05, 0) is 42.5 Å². The molecule has 0 aromatic heterocycles. The van der Waals surface area contributed by atoms with Gasteiger partial charge in [0.05, 0.1) is 17.1 Å². The van der Waals surface area contributed by atoms with E-state index in [0.717, 1.165) is 34.6 Å². The second-order valence-corrected chi connectivity index (χ2v) is 7.40. The molecule has 7 heteroatoms. The fourth-order valence-corrected chi connectivity index (χ4v) is 3.89. The lowest BCUT2D eigenvalue weighted by atomic mass is 10.2. The molecular weight excluding hydrogens is 363 g/mol. The Balaban J connectivity index is 2.08. The van der Waals surface area contributed by atoms with Gasteiger partial charge in [-0.15, -0.1) is 0 Å². The number of rotatable bonds is 5. The molecule has 0 saturated carbocycles. The summed E-state index contributed by atoms with van der Waals surface area (Å²) >= 11 is 0. The number of halogens is 3. The van der Waals surface area contributed by atoms with Crippen molar-refractivity contribution in [3.05, 3.63) is 95.8 Å². The molecular formula is C19H14F3NO2S. The maximum absolute atomic E-state index is 14.1. The third-order valence-corrected chi connectivity index (χ3v) is 5.56. The van der Waals surface area contributed by atoms with E-state index in [1.807, 2.05) is 0 Å². The minimum Gasteiger partial charge on any atom is -0.262 e. The number of para-hydroxylation sites is 1. The molecule has 0 unspecified atom stereocenters. The lowest BCUT2D eigenvalue weighted by molar-refractivity contribution is 0.569. The van der Waals surface area contributed by atoms with Crippen LogP contribution in [0.4, 0.5) is 18.9 Å². The predicted molar refractivity (Wildman–Crippen MR) is 92.6 cm³/mol. The highest BCUT2D eigenvalue weighted by Crippen LogP contribution is 2.26. The van der Waals surface area contributed by atoms with Crippen molar-refractivity contribution in [3.8, 4) is 0 Å². The molecule has 3 nitrogen and oxygen atoms in total. The monoisotopic (exact) mass is 377 g/mol. The third kappa shape index (κ3) is 3.72. The van der Waals surface area contributed by atoms with Crippen molar-refractivity contribution in [2.24, 2.45) is 0 Å². The van der Waals surface area contributed by atoms with Crippen molar-refractivity contribution in [3.63, 3.8) is 0 Å². The molecule has 0 N–H and O–H groups in total. The molecule has 0 saturated heterocycles. The molecule has 134 valence electrons. The van der Waals surface area contributed by atoms with Crippen LogP contribution >= 0.6 is 0 Å². The van der Waals surface area contributed by atoms with Gasteiger partial charge < -0.3 is 0 Å². The Morgan fingerprint density at radius 2 is 1.38 bits per heavy atom. The van der Waals surface area contributed by atoms with Crippen LogP contribution in [-0.2, 0) is 16.6 Å². The smallest absolute Gasteiger partial charge is 0.262 e. The third-order valence-electron chi connectivity index (χ3n) is 3.77. The van der Waals surface area contributed by atoms with E-state index in [1.54, 1.807) is 30.3 Å². The van der Waals surface area contributed by atoms with Gasteiger partial charge in [-0.25, -0.2) is 21.6 Å². The van der Waals surface area contributed by atoms with Gasteiger partial charge in [0, 0.05) is 11.6 Å². The largest absolute Gasteiger partial charge is 0.264 e. The van der Waals surface area contributed by atoms with Gasteiger partial charge in [0.2, 0.25) is 0 Å². The van der Waals surface area contributed by atoms with E-state index in [2.05, 4.69) is 0 Å². The molecule has 0 aliphatic rings. The molecule has 0 atom stereocenters. The SMILES string of the molecule is O=S(=O)(c1ccc(F)cc1)N(Cc1ccc(F)cc1F)c1ccccc1. The Morgan fingerprint density at radius 1 is 0.769 bits per heavy atom. The van der Waals surface area contributed by atoms with Gasteiger partial charge in [-0.3, -0.25) is 4.31 Å². The van der Waals surface area contributed by atoms with E-state index in [1.165, 1.54) is 6.07 Å². The summed E-state index contributed by atoms with van der Waals surface area (Å²) in [5, 5.41) is 0. The summed E-state index contributed by atoms with van der Waals surface area (Å²) < 4.78 is 67.4. The first-order chi connectivity index (χ1) is 12.4. The second kappa shape index (κ2) is 7.21. The molecule has 0 fully saturated rings. The van der Waals surface area contributed by atoms with E-state index >= 15 is 0 Å². The van der Waals surface area contributed by atoms with Gasteiger partial charge >= 0.3 is 0 Å². The molecule has 0 aliphatic carbocycles. The maximum atomic E-state index is 14.1. The Hall–Kier alpha value is -2.80. The van der Waals surface area contributed by atoms with Crippen molar-refractivity contribution < 1.29 is 21.6 Å². The lowest BCUT2D eigenvalue weighted by Gasteiger charge is -2.25. The van der Waals surface area contributed by atoms with Gasteiger partial charge in [-0.1, -0.05) is 24.3 Å². The molecule has 0 radical (unpaired) electrons. The summed E-state index contributed by atoms with van der Waals surface area (Å²) in [5.74, 6) is -2.17.